The molecule has 0 aromatic heterocycles. The molecule has 0 amide bonds. The third kappa shape index (κ3) is 2.24. The van der Waals surface area contributed by atoms with Crippen LogP contribution >= 0.6 is 0 Å². The summed E-state index contributed by atoms with van der Waals surface area (Å²) in [6.45, 7) is 2.03. The fourth-order valence-electron chi connectivity index (χ4n) is 2.74. The maximum atomic E-state index is 11.9. The molecule has 2 heterocycles. The predicted octanol–water partition coefficient (Wildman–Crippen LogP) is 1.18. The number of anilines is 1. The highest BCUT2D eigenvalue weighted by atomic mass is 32.2. The smallest absolute Gasteiger partial charge is 0.178 e. The van der Waals surface area contributed by atoms with Crippen molar-refractivity contribution < 1.29 is 8.42 Å². The molecule has 1 unspecified atom stereocenters. The van der Waals surface area contributed by atoms with Crippen LogP contribution in [0, 0.1) is 0 Å². The molecule has 2 aliphatic rings. The highest BCUT2D eigenvalue weighted by molar-refractivity contribution is 7.91. The number of aryl methyl sites for hydroxylation is 1. The zero-order valence-corrected chi connectivity index (χ0v) is 11.1. The molecule has 1 saturated heterocycles. The Morgan fingerprint density at radius 3 is 3.00 bits per heavy atom. The average molecular weight is 266 g/mol. The molecule has 1 aromatic carbocycles. The van der Waals surface area contributed by atoms with Crippen LogP contribution in [0.4, 0.5) is 5.69 Å². The van der Waals surface area contributed by atoms with Crippen LogP contribution in [-0.2, 0) is 16.3 Å². The second-order valence-electron chi connectivity index (χ2n) is 5.08. The second-order valence-corrected chi connectivity index (χ2v) is 7.16. The number of sulfone groups is 1. The maximum Gasteiger partial charge on any atom is 0.178 e. The lowest BCUT2D eigenvalue weighted by molar-refractivity contribution is 0.586. The molecule has 0 bridgehead atoms. The van der Waals surface area contributed by atoms with Crippen molar-refractivity contribution in [3.05, 3.63) is 23.8 Å². The van der Waals surface area contributed by atoms with Gasteiger partial charge in [0, 0.05) is 18.3 Å². The van der Waals surface area contributed by atoms with Gasteiger partial charge < -0.3 is 10.6 Å². The van der Waals surface area contributed by atoms with Gasteiger partial charge in [-0.25, -0.2) is 8.42 Å². The van der Waals surface area contributed by atoms with Crippen molar-refractivity contribution in [3.63, 3.8) is 0 Å². The Balaban J connectivity index is 1.86. The van der Waals surface area contributed by atoms with Crippen LogP contribution in [0.1, 0.15) is 18.4 Å². The van der Waals surface area contributed by atoms with Crippen LogP contribution < -0.4 is 10.6 Å². The van der Waals surface area contributed by atoms with Crippen molar-refractivity contribution in [2.24, 2.45) is 0 Å². The van der Waals surface area contributed by atoms with E-state index in [0.29, 0.717) is 16.7 Å². The fourth-order valence-corrected chi connectivity index (χ4v) is 4.32. The second kappa shape index (κ2) is 4.55. The highest BCUT2D eigenvalue weighted by Gasteiger charge is 2.23. The van der Waals surface area contributed by atoms with Gasteiger partial charge in [-0.15, -0.1) is 0 Å². The summed E-state index contributed by atoms with van der Waals surface area (Å²) in [5.41, 5.74) is 2.01. The molecular weight excluding hydrogens is 248 g/mol. The SMILES string of the molecule is O=S1(=O)CCCc2cc(NC3CCNC3)ccc21. The van der Waals surface area contributed by atoms with Crippen molar-refractivity contribution in [1.82, 2.24) is 5.32 Å². The van der Waals surface area contributed by atoms with Gasteiger partial charge >= 0.3 is 0 Å². The van der Waals surface area contributed by atoms with E-state index in [-0.39, 0.29) is 0 Å². The summed E-state index contributed by atoms with van der Waals surface area (Å²) in [6, 6.07) is 6.11. The molecule has 2 N–H and O–H groups in total. The van der Waals surface area contributed by atoms with Crippen LogP contribution in [0.5, 0.6) is 0 Å². The number of rotatable bonds is 2. The van der Waals surface area contributed by atoms with Gasteiger partial charge in [-0.3, -0.25) is 0 Å². The molecule has 0 radical (unpaired) electrons. The molecular formula is C13H18N2O2S. The Hall–Kier alpha value is -1.07. The van der Waals surface area contributed by atoms with Crippen LogP contribution in [0.2, 0.25) is 0 Å². The Morgan fingerprint density at radius 2 is 2.22 bits per heavy atom. The van der Waals surface area contributed by atoms with Crippen LogP contribution in [0.3, 0.4) is 0 Å². The summed E-state index contributed by atoms with van der Waals surface area (Å²) in [7, 11) is -3.03. The molecule has 0 aliphatic carbocycles. The van der Waals surface area contributed by atoms with Gasteiger partial charge in [0.05, 0.1) is 10.6 Å². The minimum atomic E-state index is -3.03. The highest BCUT2D eigenvalue weighted by Crippen LogP contribution is 2.28. The van der Waals surface area contributed by atoms with E-state index in [1.165, 1.54) is 0 Å². The summed E-state index contributed by atoms with van der Waals surface area (Å²) in [4.78, 5) is 0.531. The van der Waals surface area contributed by atoms with Gasteiger partial charge in [-0.2, -0.15) is 0 Å². The molecule has 4 nitrogen and oxygen atoms in total. The van der Waals surface area contributed by atoms with E-state index in [4.69, 9.17) is 0 Å². The standard InChI is InChI=1S/C13H18N2O2S/c16-18(17)7-1-2-10-8-11(3-4-13(10)18)15-12-5-6-14-9-12/h3-4,8,12,14-15H,1-2,5-7,9H2. The van der Waals surface area contributed by atoms with E-state index < -0.39 is 9.84 Å². The zero-order valence-electron chi connectivity index (χ0n) is 10.3. The van der Waals surface area contributed by atoms with Crippen molar-refractivity contribution in [2.75, 3.05) is 24.2 Å². The summed E-state index contributed by atoms with van der Waals surface area (Å²) < 4.78 is 23.8. The van der Waals surface area contributed by atoms with Gasteiger partial charge in [0.2, 0.25) is 0 Å². The van der Waals surface area contributed by atoms with Gasteiger partial charge in [0.15, 0.2) is 9.84 Å². The van der Waals surface area contributed by atoms with E-state index in [1.807, 2.05) is 12.1 Å². The summed E-state index contributed by atoms with van der Waals surface area (Å²) in [5.74, 6) is 0.291. The molecule has 5 heteroatoms. The number of benzene rings is 1. The largest absolute Gasteiger partial charge is 0.381 e. The quantitative estimate of drug-likeness (QED) is 0.844. The molecule has 0 saturated carbocycles. The Labute approximate surface area is 108 Å². The van der Waals surface area contributed by atoms with Gasteiger partial charge in [0.1, 0.15) is 0 Å². The van der Waals surface area contributed by atoms with E-state index in [9.17, 15) is 8.42 Å². The number of hydrogen-bond donors (Lipinski definition) is 2. The lowest BCUT2D eigenvalue weighted by Gasteiger charge is -2.19. The molecule has 98 valence electrons. The summed E-state index contributed by atoms with van der Waals surface area (Å²) in [5, 5.41) is 6.77. The number of hydrogen-bond acceptors (Lipinski definition) is 4. The van der Waals surface area contributed by atoms with Crippen molar-refractivity contribution in [1.29, 1.82) is 0 Å². The lowest BCUT2D eigenvalue weighted by Crippen LogP contribution is -2.22. The predicted molar refractivity (Wildman–Crippen MR) is 71.7 cm³/mol. The Bertz CT molecular complexity index is 548. The zero-order chi connectivity index (χ0) is 12.6. The average Bonchev–Trinajstić information content (AvgIpc) is 2.81. The third-order valence-corrected chi connectivity index (χ3v) is 5.58. The van der Waals surface area contributed by atoms with Crippen LogP contribution in [0.25, 0.3) is 0 Å². The lowest BCUT2D eigenvalue weighted by atomic mass is 10.1. The maximum absolute atomic E-state index is 11.9. The van der Waals surface area contributed by atoms with E-state index >= 15 is 0 Å². The van der Waals surface area contributed by atoms with Gasteiger partial charge in [-0.05, 0) is 49.6 Å². The van der Waals surface area contributed by atoms with Gasteiger partial charge in [0.25, 0.3) is 0 Å². The number of fused-ring (bicyclic) bond motifs is 1. The van der Waals surface area contributed by atoms with Crippen LogP contribution in [0.15, 0.2) is 23.1 Å². The fraction of sp³-hybridized carbons (Fsp3) is 0.538. The monoisotopic (exact) mass is 266 g/mol. The third-order valence-electron chi connectivity index (χ3n) is 3.69. The van der Waals surface area contributed by atoms with Crippen LogP contribution in [-0.4, -0.2) is 33.3 Å². The minimum Gasteiger partial charge on any atom is -0.381 e. The van der Waals surface area contributed by atoms with Crippen molar-refractivity contribution in [3.8, 4) is 0 Å². The van der Waals surface area contributed by atoms with E-state index in [1.54, 1.807) is 6.07 Å². The van der Waals surface area contributed by atoms with E-state index in [2.05, 4.69) is 10.6 Å². The Kier molecular flexibility index (Phi) is 3.03. The normalized spacial score (nSPS) is 25.7. The first-order valence-electron chi connectivity index (χ1n) is 6.48. The van der Waals surface area contributed by atoms with Gasteiger partial charge in [-0.1, -0.05) is 0 Å². The van der Waals surface area contributed by atoms with E-state index in [0.717, 1.165) is 43.6 Å². The molecule has 18 heavy (non-hydrogen) atoms. The first-order valence-corrected chi connectivity index (χ1v) is 8.13. The molecule has 0 spiro atoms. The topological polar surface area (TPSA) is 58.2 Å². The first-order chi connectivity index (χ1) is 8.65. The summed E-state index contributed by atoms with van der Waals surface area (Å²) in [6.07, 6.45) is 2.73. The molecule has 2 aliphatic heterocycles. The molecule has 1 atom stereocenters. The Morgan fingerprint density at radius 1 is 1.33 bits per heavy atom. The van der Waals surface area contributed by atoms with Crippen molar-refractivity contribution in [2.45, 2.75) is 30.2 Å². The first kappa shape index (κ1) is 12.0. The summed E-state index contributed by atoms with van der Waals surface area (Å²) >= 11 is 0. The molecule has 1 aromatic rings. The molecule has 3 rings (SSSR count). The minimum absolute atomic E-state index is 0.291. The molecule has 1 fully saturated rings. The number of nitrogens with one attached hydrogen (secondary N) is 2. The van der Waals surface area contributed by atoms with Crippen molar-refractivity contribution >= 4 is 15.5 Å².